The highest BCUT2D eigenvalue weighted by molar-refractivity contribution is 6.32. The van der Waals surface area contributed by atoms with E-state index in [9.17, 15) is 4.79 Å². The quantitative estimate of drug-likeness (QED) is 0.854. The molecule has 0 bridgehead atoms. The van der Waals surface area contributed by atoms with E-state index in [1.807, 2.05) is 19.1 Å². The van der Waals surface area contributed by atoms with Crippen LogP contribution in [0.3, 0.4) is 0 Å². The maximum Gasteiger partial charge on any atom is 0.273 e. The Morgan fingerprint density at radius 2 is 2.30 bits per heavy atom. The number of aromatic nitrogens is 3. The SMILES string of the molecule is CC[C@@H](CNC(=O)c1cn[nH]n1)Oc1ccccc1Cl. The van der Waals surface area contributed by atoms with Crippen molar-refractivity contribution in [1.82, 2.24) is 20.7 Å². The molecule has 1 aromatic carbocycles. The van der Waals surface area contributed by atoms with Crippen LogP contribution in [0.5, 0.6) is 5.75 Å². The fourth-order valence-electron chi connectivity index (χ4n) is 1.60. The summed E-state index contributed by atoms with van der Waals surface area (Å²) in [6, 6.07) is 7.24. The first-order chi connectivity index (χ1) is 9.70. The molecule has 1 aromatic heterocycles. The largest absolute Gasteiger partial charge is 0.487 e. The Hall–Kier alpha value is -2.08. The number of aromatic amines is 1. The molecular weight excluding hydrogens is 280 g/mol. The second kappa shape index (κ2) is 6.91. The molecule has 0 saturated heterocycles. The minimum Gasteiger partial charge on any atom is -0.487 e. The summed E-state index contributed by atoms with van der Waals surface area (Å²) < 4.78 is 5.77. The number of halogens is 1. The second-order valence-electron chi connectivity index (χ2n) is 4.14. The van der Waals surface area contributed by atoms with Crippen molar-refractivity contribution >= 4 is 17.5 Å². The number of benzene rings is 1. The molecule has 0 saturated carbocycles. The molecule has 0 aliphatic heterocycles. The van der Waals surface area contributed by atoms with Crippen molar-refractivity contribution in [3.63, 3.8) is 0 Å². The van der Waals surface area contributed by atoms with E-state index < -0.39 is 0 Å². The van der Waals surface area contributed by atoms with Gasteiger partial charge in [-0.2, -0.15) is 15.4 Å². The molecule has 0 spiro atoms. The van der Waals surface area contributed by atoms with Gasteiger partial charge in [0.05, 0.1) is 17.8 Å². The molecule has 1 atom stereocenters. The number of carbonyl (C=O) groups excluding carboxylic acids is 1. The van der Waals surface area contributed by atoms with E-state index in [0.717, 1.165) is 6.42 Å². The molecule has 106 valence electrons. The molecule has 0 radical (unpaired) electrons. The normalized spacial score (nSPS) is 11.9. The topological polar surface area (TPSA) is 79.9 Å². The summed E-state index contributed by atoms with van der Waals surface area (Å²) in [6.07, 6.45) is 1.95. The number of hydrogen-bond donors (Lipinski definition) is 2. The van der Waals surface area contributed by atoms with Gasteiger partial charge in [0.1, 0.15) is 11.9 Å². The van der Waals surface area contributed by atoms with Crippen molar-refractivity contribution < 1.29 is 9.53 Å². The summed E-state index contributed by atoms with van der Waals surface area (Å²) in [5, 5.41) is 13.0. The Balaban J connectivity index is 1.90. The van der Waals surface area contributed by atoms with Gasteiger partial charge in [-0.3, -0.25) is 4.79 Å². The minimum atomic E-state index is -0.292. The molecule has 7 heteroatoms. The van der Waals surface area contributed by atoms with Crippen LogP contribution in [-0.4, -0.2) is 34.0 Å². The van der Waals surface area contributed by atoms with Crippen LogP contribution in [0.2, 0.25) is 5.02 Å². The van der Waals surface area contributed by atoms with Gasteiger partial charge >= 0.3 is 0 Å². The number of rotatable bonds is 6. The molecule has 20 heavy (non-hydrogen) atoms. The van der Waals surface area contributed by atoms with Crippen LogP contribution < -0.4 is 10.1 Å². The zero-order chi connectivity index (χ0) is 14.4. The third-order valence-electron chi connectivity index (χ3n) is 2.72. The van der Waals surface area contributed by atoms with E-state index in [1.54, 1.807) is 12.1 Å². The molecule has 2 aromatic rings. The number of para-hydroxylation sites is 1. The van der Waals surface area contributed by atoms with Gasteiger partial charge in [-0.15, -0.1) is 0 Å². The van der Waals surface area contributed by atoms with Gasteiger partial charge in [0.15, 0.2) is 5.69 Å². The summed E-state index contributed by atoms with van der Waals surface area (Å²) >= 11 is 6.03. The second-order valence-corrected chi connectivity index (χ2v) is 4.55. The molecule has 0 aliphatic rings. The Kier molecular flexibility index (Phi) is 4.95. The van der Waals surface area contributed by atoms with Crippen molar-refractivity contribution in [3.8, 4) is 5.75 Å². The third-order valence-corrected chi connectivity index (χ3v) is 3.04. The number of nitrogens with zero attached hydrogens (tertiary/aromatic N) is 2. The molecule has 0 aliphatic carbocycles. The summed E-state index contributed by atoms with van der Waals surface area (Å²) in [5.74, 6) is 0.316. The lowest BCUT2D eigenvalue weighted by Crippen LogP contribution is -2.35. The lowest BCUT2D eigenvalue weighted by Gasteiger charge is -2.18. The standard InChI is InChI=1S/C13H15ClN4O2/c1-2-9(20-12-6-4-3-5-10(12)14)7-15-13(19)11-8-16-18-17-11/h3-6,8-9H,2,7H2,1H3,(H,15,19)(H,16,17,18)/t9-/m0/s1. The number of nitrogens with one attached hydrogen (secondary N) is 2. The molecule has 1 amide bonds. The monoisotopic (exact) mass is 294 g/mol. The molecule has 0 unspecified atom stereocenters. The predicted molar refractivity (Wildman–Crippen MR) is 74.9 cm³/mol. The number of H-pyrrole nitrogens is 1. The van der Waals surface area contributed by atoms with E-state index in [4.69, 9.17) is 16.3 Å². The summed E-state index contributed by atoms with van der Waals surface area (Å²) in [7, 11) is 0. The fourth-order valence-corrected chi connectivity index (χ4v) is 1.78. The first kappa shape index (κ1) is 14.3. The van der Waals surface area contributed by atoms with E-state index in [0.29, 0.717) is 17.3 Å². The fraction of sp³-hybridized carbons (Fsp3) is 0.308. The van der Waals surface area contributed by atoms with Crippen LogP contribution >= 0.6 is 11.6 Å². The Bertz CT molecular complexity index is 559. The van der Waals surface area contributed by atoms with Gasteiger partial charge in [-0.05, 0) is 18.6 Å². The lowest BCUT2D eigenvalue weighted by atomic mass is 10.2. The van der Waals surface area contributed by atoms with Crippen LogP contribution in [0, 0.1) is 0 Å². The average Bonchev–Trinajstić information content (AvgIpc) is 2.99. The highest BCUT2D eigenvalue weighted by Crippen LogP contribution is 2.24. The molecule has 0 fully saturated rings. The van der Waals surface area contributed by atoms with Crippen molar-refractivity contribution in [3.05, 3.63) is 41.2 Å². The van der Waals surface area contributed by atoms with Crippen molar-refractivity contribution in [2.75, 3.05) is 6.54 Å². The zero-order valence-corrected chi connectivity index (χ0v) is 11.7. The Labute approximate surface area is 121 Å². The van der Waals surface area contributed by atoms with Gasteiger partial charge in [-0.1, -0.05) is 30.7 Å². The van der Waals surface area contributed by atoms with Crippen molar-refractivity contribution in [2.24, 2.45) is 0 Å². The van der Waals surface area contributed by atoms with Gasteiger partial charge in [-0.25, -0.2) is 0 Å². The maximum absolute atomic E-state index is 11.7. The molecule has 6 nitrogen and oxygen atoms in total. The van der Waals surface area contributed by atoms with Crippen LogP contribution in [0.1, 0.15) is 23.8 Å². The Morgan fingerprint density at radius 1 is 1.50 bits per heavy atom. The summed E-state index contributed by atoms with van der Waals surface area (Å²) in [6.45, 7) is 2.34. The lowest BCUT2D eigenvalue weighted by molar-refractivity contribution is 0.0921. The highest BCUT2D eigenvalue weighted by atomic mass is 35.5. The minimum absolute atomic E-state index is 0.161. The number of ether oxygens (including phenoxy) is 1. The first-order valence-electron chi connectivity index (χ1n) is 6.26. The molecule has 2 N–H and O–H groups in total. The summed E-state index contributed by atoms with van der Waals surface area (Å²) in [5.41, 5.74) is 0.248. The van der Waals surface area contributed by atoms with Crippen LogP contribution in [0.25, 0.3) is 0 Å². The smallest absolute Gasteiger partial charge is 0.273 e. The van der Waals surface area contributed by atoms with Crippen molar-refractivity contribution in [2.45, 2.75) is 19.4 Å². The molecule has 1 heterocycles. The number of amides is 1. The van der Waals surface area contributed by atoms with Gasteiger partial charge in [0.2, 0.25) is 0 Å². The summed E-state index contributed by atoms with van der Waals surface area (Å²) in [4.78, 5) is 11.7. The average molecular weight is 295 g/mol. The van der Waals surface area contributed by atoms with E-state index in [2.05, 4.69) is 20.7 Å². The molecular formula is C13H15ClN4O2. The molecule has 2 rings (SSSR count). The van der Waals surface area contributed by atoms with Crippen LogP contribution in [0.4, 0.5) is 0 Å². The van der Waals surface area contributed by atoms with Crippen molar-refractivity contribution in [1.29, 1.82) is 0 Å². The van der Waals surface area contributed by atoms with E-state index in [1.165, 1.54) is 6.20 Å². The van der Waals surface area contributed by atoms with E-state index in [-0.39, 0.29) is 17.7 Å². The van der Waals surface area contributed by atoms with Gasteiger partial charge < -0.3 is 10.1 Å². The Morgan fingerprint density at radius 3 is 2.95 bits per heavy atom. The van der Waals surface area contributed by atoms with E-state index >= 15 is 0 Å². The zero-order valence-electron chi connectivity index (χ0n) is 11.0. The first-order valence-corrected chi connectivity index (χ1v) is 6.63. The predicted octanol–water partition coefficient (Wildman–Crippen LogP) is 2.05. The maximum atomic E-state index is 11.7. The number of carbonyl (C=O) groups is 1. The van der Waals surface area contributed by atoms with Gasteiger partial charge in [0.25, 0.3) is 5.91 Å². The van der Waals surface area contributed by atoms with Crippen LogP contribution in [-0.2, 0) is 0 Å². The third kappa shape index (κ3) is 3.71. The van der Waals surface area contributed by atoms with Crippen LogP contribution in [0.15, 0.2) is 30.5 Å². The number of hydrogen-bond acceptors (Lipinski definition) is 4. The highest BCUT2D eigenvalue weighted by Gasteiger charge is 2.14. The van der Waals surface area contributed by atoms with Gasteiger partial charge in [0, 0.05) is 0 Å².